The molecule has 84 valence electrons. The van der Waals surface area contributed by atoms with Gasteiger partial charge in [-0.05, 0) is 38.4 Å². The highest BCUT2D eigenvalue weighted by molar-refractivity contribution is 7.09. The number of rotatable bonds is 4. The third-order valence-electron chi connectivity index (χ3n) is 2.92. The van der Waals surface area contributed by atoms with Crippen molar-refractivity contribution >= 4 is 11.3 Å². The highest BCUT2D eigenvalue weighted by Crippen LogP contribution is 2.20. The molecule has 0 atom stereocenters. The van der Waals surface area contributed by atoms with Crippen LogP contribution in [0.3, 0.4) is 0 Å². The molecule has 2 heterocycles. The van der Waals surface area contributed by atoms with Crippen molar-refractivity contribution in [2.75, 3.05) is 19.6 Å². The molecule has 3 nitrogen and oxygen atoms in total. The maximum atomic E-state index is 5.51. The fraction of sp³-hybridized carbons (Fsp3) is 0.727. The van der Waals surface area contributed by atoms with E-state index in [-0.39, 0.29) is 0 Å². The first-order chi connectivity index (χ1) is 7.38. The summed E-state index contributed by atoms with van der Waals surface area (Å²) in [7, 11) is 0. The van der Waals surface area contributed by atoms with Crippen LogP contribution in [0.4, 0.5) is 0 Å². The Bertz CT molecular complexity index is 292. The predicted molar refractivity (Wildman–Crippen MR) is 64.2 cm³/mol. The molecule has 0 radical (unpaired) electrons. The van der Waals surface area contributed by atoms with Crippen molar-refractivity contribution in [1.82, 2.24) is 10.3 Å². The lowest BCUT2D eigenvalue weighted by atomic mass is 9.95. The third-order valence-corrected chi connectivity index (χ3v) is 3.84. The van der Waals surface area contributed by atoms with E-state index >= 15 is 0 Å². The number of hydrogen-bond donors (Lipinski definition) is 2. The second kappa shape index (κ2) is 5.58. The third kappa shape index (κ3) is 3.26. The molecule has 1 saturated heterocycles. The fourth-order valence-electron chi connectivity index (χ4n) is 2.04. The molecule has 15 heavy (non-hydrogen) atoms. The maximum Gasteiger partial charge on any atom is 0.0931 e. The number of thiazole rings is 1. The molecule has 1 aromatic heterocycles. The van der Waals surface area contributed by atoms with Gasteiger partial charge in [-0.3, -0.25) is 0 Å². The summed E-state index contributed by atoms with van der Waals surface area (Å²) in [4.78, 5) is 4.61. The summed E-state index contributed by atoms with van der Waals surface area (Å²) in [5.74, 6) is 0.836. The minimum atomic E-state index is 0.705. The Balaban J connectivity index is 1.86. The normalized spacial score (nSPS) is 18.2. The van der Waals surface area contributed by atoms with Gasteiger partial charge in [0.1, 0.15) is 0 Å². The van der Waals surface area contributed by atoms with Gasteiger partial charge in [-0.2, -0.15) is 0 Å². The van der Waals surface area contributed by atoms with E-state index in [9.17, 15) is 0 Å². The van der Waals surface area contributed by atoms with Crippen LogP contribution < -0.4 is 11.1 Å². The van der Waals surface area contributed by atoms with Crippen molar-refractivity contribution in [3.8, 4) is 0 Å². The predicted octanol–water partition coefficient (Wildman–Crippen LogP) is 1.19. The summed E-state index contributed by atoms with van der Waals surface area (Å²) < 4.78 is 0. The quantitative estimate of drug-likeness (QED) is 0.809. The SMILES string of the molecule is NCCc1csc(CC2CCNCC2)n1. The molecule has 1 fully saturated rings. The van der Waals surface area contributed by atoms with Gasteiger partial charge in [0.25, 0.3) is 0 Å². The standard InChI is InChI=1S/C11H19N3S/c12-4-1-10-8-15-11(14-10)7-9-2-5-13-6-3-9/h8-9,13H,1-7,12H2. The lowest BCUT2D eigenvalue weighted by molar-refractivity contribution is 0.372. The van der Waals surface area contributed by atoms with E-state index in [0.717, 1.165) is 18.8 Å². The van der Waals surface area contributed by atoms with Gasteiger partial charge >= 0.3 is 0 Å². The van der Waals surface area contributed by atoms with E-state index in [0.29, 0.717) is 6.54 Å². The summed E-state index contributed by atoms with van der Waals surface area (Å²) in [6.07, 6.45) is 4.68. The van der Waals surface area contributed by atoms with Gasteiger partial charge in [-0.25, -0.2) is 4.98 Å². The van der Waals surface area contributed by atoms with Crippen LogP contribution in [0.2, 0.25) is 0 Å². The number of aromatic nitrogens is 1. The van der Waals surface area contributed by atoms with Crippen LogP contribution in [0.5, 0.6) is 0 Å². The number of nitrogens with two attached hydrogens (primary N) is 1. The Labute approximate surface area is 95.1 Å². The van der Waals surface area contributed by atoms with E-state index in [1.54, 1.807) is 11.3 Å². The van der Waals surface area contributed by atoms with Gasteiger partial charge in [0.2, 0.25) is 0 Å². The average Bonchev–Trinajstić information content (AvgIpc) is 2.68. The summed E-state index contributed by atoms with van der Waals surface area (Å²) in [5, 5.41) is 6.85. The van der Waals surface area contributed by atoms with Crippen molar-refractivity contribution in [3.63, 3.8) is 0 Å². The molecule has 0 spiro atoms. The monoisotopic (exact) mass is 225 g/mol. The van der Waals surface area contributed by atoms with Crippen LogP contribution in [0.1, 0.15) is 23.5 Å². The molecule has 1 aliphatic rings. The minimum absolute atomic E-state index is 0.705. The van der Waals surface area contributed by atoms with Gasteiger partial charge in [0.15, 0.2) is 0 Å². The summed E-state index contributed by atoms with van der Waals surface area (Å²) in [5.41, 5.74) is 6.68. The average molecular weight is 225 g/mol. The molecule has 1 aromatic rings. The van der Waals surface area contributed by atoms with E-state index in [4.69, 9.17) is 5.73 Å². The number of nitrogens with one attached hydrogen (secondary N) is 1. The van der Waals surface area contributed by atoms with Crippen LogP contribution in [0, 0.1) is 5.92 Å². The smallest absolute Gasteiger partial charge is 0.0931 e. The molecule has 3 N–H and O–H groups in total. The molecule has 2 rings (SSSR count). The molecule has 0 unspecified atom stereocenters. The fourth-order valence-corrected chi connectivity index (χ4v) is 2.98. The highest BCUT2D eigenvalue weighted by atomic mass is 32.1. The van der Waals surface area contributed by atoms with E-state index < -0.39 is 0 Å². The van der Waals surface area contributed by atoms with Crippen molar-refractivity contribution in [2.24, 2.45) is 11.7 Å². The van der Waals surface area contributed by atoms with Gasteiger partial charge < -0.3 is 11.1 Å². The lowest BCUT2D eigenvalue weighted by Crippen LogP contribution is -2.28. The van der Waals surface area contributed by atoms with E-state index in [2.05, 4.69) is 15.7 Å². The van der Waals surface area contributed by atoms with Gasteiger partial charge in [0, 0.05) is 18.2 Å². The zero-order valence-corrected chi connectivity index (χ0v) is 9.85. The molecule has 4 heteroatoms. The van der Waals surface area contributed by atoms with Crippen LogP contribution >= 0.6 is 11.3 Å². The van der Waals surface area contributed by atoms with Crippen molar-refractivity contribution < 1.29 is 0 Å². The minimum Gasteiger partial charge on any atom is -0.330 e. The number of nitrogens with zero attached hydrogens (tertiary/aromatic N) is 1. The van der Waals surface area contributed by atoms with Gasteiger partial charge in [-0.15, -0.1) is 11.3 Å². The Hall–Kier alpha value is -0.450. The van der Waals surface area contributed by atoms with Gasteiger partial charge in [0.05, 0.1) is 10.7 Å². The summed E-state index contributed by atoms with van der Waals surface area (Å²) in [6, 6.07) is 0. The summed E-state index contributed by atoms with van der Waals surface area (Å²) >= 11 is 1.80. The molecule has 0 aromatic carbocycles. The van der Waals surface area contributed by atoms with Crippen molar-refractivity contribution in [1.29, 1.82) is 0 Å². The van der Waals surface area contributed by atoms with Crippen LogP contribution in [0.15, 0.2) is 5.38 Å². The van der Waals surface area contributed by atoms with E-state index in [1.807, 2.05) is 0 Å². The van der Waals surface area contributed by atoms with Crippen LogP contribution in [0.25, 0.3) is 0 Å². The zero-order chi connectivity index (χ0) is 10.5. The Morgan fingerprint density at radius 3 is 3.00 bits per heavy atom. The summed E-state index contributed by atoms with van der Waals surface area (Å²) in [6.45, 7) is 3.05. The number of piperidine rings is 1. The van der Waals surface area contributed by atoms with E-state index in [1.165, 1.54) is 36.6 Å². The molecule has 0 bridgehead atoms. The Morgan fingerprint density at radius 1 is 1.47 bits per heavy atom. The second-order valence-electron chi connectivity index (χ2n) is 4.17. The molecular weight excluding hydrogens is 206 g/mol. The second-order valence-corrected chi connectivity index (χ2v) is 5.11. The Morgan fingerprint density at radius 2 is 2.27 bits per heavy atom. The molecule has 0 saturated carbocycles. The van der Waals surface area contributed by atoms with Crippen LogP contribution in [-0.2, 0) is 12.8 Å². The first kappa shape index (κ1) is 11.0. The van der Waals surface area contributed by atoms with Crippen molar-refractivity contribution in [2.45, 2.75) is 25.7 Å². The maximum absolute atomic E-state index is 5.51. The zero-order valence-electron chi connectivity index (χ0n) is 9.04. The molecular formula is C11H19N3S. The lowest BCUT2D eigenvalue weighted by Gasteiger charge is -2.21. The first-order valence-corrected chi connectivity index (χ1v) is 6.60. The first-order valence-electron chi connectivity index (χ1n) is 5.72. The van der Waals surface area contributed by atoms with Gasteiger partial charge in [-0.1, -0.05) is 0 Å². The molecule has 0 aliphatic carbocycles. The topological polar surface area (TPSA) is 50.9 Å². The molecule has 1 aliphatic heterocycles. The number of hydrogen-bond acceptors (Lipinski definition) is 4. The molecule has 0 amide bonds. The van der Waals surface area contributed by atoms with Crippen LogP contribution in [-0.4, -0.2) is 24.6 Å². The largest absolute Gasteiger partial charge is 0.330 e. The van der Waals surface area contributed by atoms with Crippen molar-refractivity contribution in [3.05, 3.63) is 16.1 Å². The highest BCUT2D eigenvalue weighted by Gasteiger charge is 2.15. The Kier molecular flexibility index (Phi) is 4.11.